The van der Waals surface area contributed by atoms with Gasteiger partial charge in [0.2, 0.25) is 0 Å². The van der Waals surface area contributed by atoms with Crippen molar-refractivity contribution in [3.63, 3.8) is 0 Å². The average Bonchev–Trinajstić information content (AvgIpc) is 2.45. The first-order chi connectivity index (χ1) is 9.24. The molecular formula is C13H19N5O. The fourth-order valence-electron chi connectivity index (χ4n) is 2.40. The van der Waals surface area contributed by atoms with Crippen LogP contribution in [0, 0.1) is 11.3 Å². The molecule has 1 aromatic heterocycles. The Labute approximate surface area is 112 Å². The van der Waals surface area contributed by atoms with E-state index >= 15 is 0 Å². The van der Waals surface area contributed by atoms with Gasteiger partial charge in [-0.2, -0.15) is 5.26 Å². The first-order valence-electron chi connectivity index (χ1n) is 6.68. The molecule has 0 bridgehead atoms. The summed E-state index contributed by atoms with van der Waals surface area (Å²) in [5.74, 6) is 0.715. The minimum atomic E-state index is -0.131. The van der Waals surface area contributed by atoms with Gasteiger partial charge in [0.15, 0.2) is 0 Å². The Hall–Kier alpha value is -1.87. The fourth-order valence-corrected chi connectivity index (χ4v) is 2.40. The van der Waals surface area contributed by atoms with Gasteiger partial charge in [-0.3, -0.25) is 9.69 Å². The minimum absolute atomic E-state index is 0.0132. The molecule has 102 valence electrons. The van der Waals surface area contributed by atoms with Crippen LogP contribution in [0.1, 0.15) is 19.8 Å². The van der Waals surface area contributed by atoms with E-state index in [-0.39, 0.29) is 11.6 Å². The smallest absolute Gasteiger partial charge is 0.252 e. The van der Waals surface area contributed by atoms with E-state index in [1.54, 1.807) is 0 Å². The van der Waals surface area contributed by atoms with E-state index in [2.05, 4.69) is 32.8 Å². The molecule has 2 heterocycles. The van der Waals surface area contributed by atoms with Crippen LogP contribution in [0.25, 0.3) is 0 Å². The number of hydrogen-bond donors (Lipinski definition) is 1. The molecule has 1 unspecified atom stereocenters. The molecule has 19 heavy (non-hydrogen) atoms. The molecule has 6 heteroatoms. The molecule has 1 saturated heterocycles. The Morgan fingerprint density at radius 1 is 1.47 bits per heavy atom. The number of aromatic nitrogens is 2. The minimum Gasteiger partial charge on any atom is -0.354 e. The van der Waals surface area contributed by atoms with Crippen molar-refractivity contribution in [2.45, 2.75) is 25.8 Å². The van der Waals surface area contributed by atoms with Crippen LogP contribution in [0.15, 0.2) is 17.2 Å². The van der Waals surface area contributed by atoms with Gasteiger partial charge in [-0.1, -0.05) is 13.3 Å². The third-order valence-electron chi connectivity index (χ3n) is 3.45. The lowest BCUT2D eigenvalue weighted by Crippen LogP contribution is -2.50. The Morgan fingerprint density at radius 3 is 2.79 bits per heavy atom. The average molecular weight is 261 g/mol. The largest absolute Gasteiger partial charge is 0.354 e. The number of piperazine rings is 1. The van der Waals surface area contributed by atoms with Gasteiger partial charge in [-0.05, 0) is 6.42 Å². The number of hydrogen-bond acceptors (Lipinski definition) is 5. The zero-order valence-electron chi connectivity index (χ0n) is 11.2. The Balaban J connectivity index is 1.96. The molecular weight excluding hydrogens is 242 g/mol. The van der Waals surface area contributed by atoms with Crippen molar-refractivity contribution in [3.05, 3.63) is 22.7 Å². The molecule has 0 aromatic carbocycles. The van der Waals surface area contributed by atoms with Crippen molar-refractivity contribution in [2.24, 2.45) is 0 Å². The van der Waals surface area contributed by atoms with Gasteiger partial charge in [-0.25, -0.2) is 4.98 Å². The number of nitrogens with zero attached hydrogens (tertiary/aromatic N) is 4. The summed E-state index contributed by atoms with van der Waals surface area (Å²) in [7, 11) is 0. The predicted octanol–water partition coefficient (Wildman–Crippen LogP) is 0.584. The van der Waals surface area contributed by atoms with E-state index in [0.717, 1.165) is 39.0 Å². The third kappa shape index (κ3) is 3.32. The van der Waals surface area contributed by atoms with Gasteiger partial charge in [0.05, 0.1) is 18.4 Å². The summed E-state index contributed by atoms with van der Waals surface area (Å²) in [5.41, 5.74) is -0.131. The highest BCUT2D eigenvalue weighted by molar-refractivity contribution is 5.37. The van der Waals surface area contributed by atoms with Gasteiger partial charge in [-0.15, -0.1) is 0 Å². The van der Waals surface area contributed by atoms with E-state index < -0.39 is 0 Å². The molecule has 0 aliphatic carbocycles. The summed E-state index contributed by atoms with van der Waals surface area (Å²) in [5, 5.41) is 9.17. The normalized spacial score (nSPS) is 18.0. The number of rotatable bonds is 4. The van der Waals surface area contributed by atoms with Gasteiger partial charge in [0, 0.05) is 32.2 Å². The second kappa shape index (κ2) is 6.34. The van der Waals surface area contributed by atoms with Crippen molar-refractivity contribution in [3.8, 4) is 6.07 Å². The molecule has 0 radical (unpaired) electrons. The van der Waals surface area contributed by atoms with Crippen LogP contribution in [0.3, 0.4) is 0 Å². The van der Waals surface area contributed by atoms with Crippen molar-refractivity contribution in [2.75, 3.05) is 31.1 Å². The summed E-state index contributed by atoms with van der Waals surface area (Å²) in [6.07, 6.45) is 3.37. The SMILES string of the molecule is CCCC(C#N)N1CCN(c2cc(=O)[nH]cn2)CC1. The molecule has 0 saturated carbocycles. The molecule has 1 aromatic rings. The van der Waals surface area contributed by atoms with Crippen LogP contribution in [0.4, 0.5) is 5.82 Å². The van der Waals surface area contributed by atoms with Crippen molar-refractivity contribution in [1.82, 2.24) is 14.9 Å². The molecule has 0 spiro atoms. The Kier molecular flexibility index (Phi) is 4.53. The summed E-state index contributed by atoms with van der Waals surface area (Å²) in [4.78, 5) is 22.3. The predicted molar refractivity (Wildman–Crippen MR) is 73.0 cm³/mol. The lowest BCUT2D eigenvalue weighted by Gasteiger charge is -2.37. The highest BCUT2D eigenvalue weighted by Gasteiger charge is 2.23. The molecule has 1 aliphatic rings. The number of anilines is 1. The van der Waals surface area contributed by atoms with E-state index in [0.29, 0.717) is 5.82 Å². The van der Waals surface area contributed by atoms with Gasteiger partial charge in [0.1, 0.15) is 5.82 Å². The standard InChI is InChI=1S/C13H19N5O/c1-2-3-11(9-14)17-4-6-18(7-5-17)12-8-13(19)16-10-15-12/h8,10-11H,2-7H2,1H3,(H,15,16,19). The lowest BCUT2D eigenvalue weighted by molar-refractivity contribution is 0.211. The van der Waals surface area contributed by atoms with Crippen LogP contribution in [0.2, 0.25) is 0 Å². The maximum absolute atomic E-state index is 11.3. The molecule has 6 nitrogen and oxygen atoms in total. The first kappa shape index (κ1) is 13.6. The monoisotopic (exact) mass is 261 g/mol. The number of nitriles is 1. The highest BCUT2D eigenvalue weighted by atomic mass is 16.1. The molecule has 1 atom stereocenters. The molecule has 2 rings (SSSR count). The number of H-pyrrole nitrogens is 1. The quantitative estimate of drug-likeness (QED) is 0.858. The van der Waals surface area contributed by atoms with Gasteiger partial charge >= 0.3 is 0 Å². The molecule has 1 aliphatic heterocycles. The van der Waals surface area contributed by atoms with Crippen LogP contribution in [-0.4, -0.2) is 47.1 Å². The Morgan fingerprint density at radius 2 is 2.21 bits per heavy atom. The topological polar surface area (TPSA) is 76.0 Å². The fraction of sp³-hybridized carbons (Fsp3) is 0.615. The number of aromatic amines is 1. The lowest BCUT2D eigenvalue weighted by atomic mass is 10.1. The van der Waals surface area contributed by atoms with E-state index in [9.17, 15) is 4.79 Å². The van der Waals surface area contributed by atoms with Crippen LogP contribution in [-0.2, 0) is 0 Å². The van der Waals surface area contributed by atoms with Crippen molar-refractivity contribution >= 4 is 5.82 Å². The van der Waals surface area contributed by atoms with Crippen LogP contribution >= 0.6 is 0 Å². The maximum Gasteiger partial charge on any atom is 0.252 e. The zero-order chi connectivity index (χ0) is 13.7. The Bertz CT molecular complexity index is 498. The van der Waals surface area contributed by atoms with E-state index in [4.69, 9.17) is 5.26 Å². The number of nitrogens with one attached hydrogen (secondary N) is 1. The molecule has 0 amide bonds. The van der Waals surface area contributed by atoms with Crippen LogP contribution in [0.5, 0.6) is 0 Å². The van der Waals surface area contributed by atoms with E-state index in [1.807, 2.05) is 0 Å². The zero-order valence-corrected chi connectivity index (χ0v) is 11.2. The maximum atomic E-state index is 11.3. The van der Waals surface area contributed by atoms with Crippen molar-refractivity contribution < 1.29 is 0 Å². The summed E-state index contributed by atoms with van der Waals surface area (Å²) < 4.78 is 0. The molecule has 1 fully saturated rings. The van der Waals surface area contributed by atoms with Gasteiger partial charge in [0.25, 0.3) is 5.56 Å². The second-order valence-corrected chi connectivity index (χ2v) is 4.73. The second-order valence-electron chi connectivity index (χ2n) is 4.73. The summed E-state index contributed by atoms with van der Waals surface area (Å²) >= 11 is 0. The summed E-state index contributed by atoms with van der Waals surface area (Å²) in [6, 6.07) is 3.90. The first-order valence-corrected chi connectivity index (χ1v) is 6.68. The van der Waals surface area contributed by atoms with Crippen LogP contribution < -0.4 is 10.5 Å². The van der Waals surface area contributed by atoms with Crippen molar-refractivity contribution in [1.29, 1.82) is 5.26 Å². The van der Waals surface area contributed by atoms with Gasteiger partial charge < -0.3 is 9.88 Å². The third-order valence-corrected chi connectivity index (χ3v) is 3.45. The molecule has 1 N–H and O–H groups in total. The summed E-state index contributed by atoms with van der Waals surface area (Å²) in [6.45, 7) is 5.39. The highest BCUT2D eigenvalue weighted by Crippen LogP contribution is 2.14. The van der Waals surface area contributed by atoms with E-state index in [1.165, 1.54) is 12.4 Å².